The molecule has 1 aromatic heterocycles. The van der Waals surface area contributed by atoms with Gasteiger partial charge in [-0.1, -0.05) is 24.3 Å². The molecule has 2 amide bonds. The minimum absolute atomic E-state index is 0.0192. The quantitative estimate of drug-likeness (QED) is 0.773. The molecule has 0 fully saturated rings. The first-order chi connectivity index (χ1) is 12.7. The molecule has 0 saturated carbocycles. The van der Waals surface area contributed by atoms with E-state index in [-0.39, 0.29) is 18.4 Å². The van der Waals surface area contributed by atoms with Crippen molar-refractivity contribution in [2.45, 2.75) is 4.90 Å². The molecule has 26 heavy (non-hydrogen) atoms. The molecule has 2 heterocycles. The van der Waals surface area contributed by atoms with Gasteiger partial charge in [0.1, 0.15) is 6.54 Å². The Kier molecular flexibility index (Phi) is 4.45. The van der Waals surface area contributed by atoms with Gasteiger partial charge in [-0.15, -0.1) is 11.8 Å². The average molecular weight is 364 g/mol. The number of carbonyl (C=O) groups excluding carboxylic acids is 2. The molecular formula is C19H16N4O2S. The van der Waals surface area contributed by atoms with Crippen LogP contribution in [0.15, 0.2) is 72.1 Å². The van der Waals surface area contributed by atoms with Crippen LogP contribution < -0.4 is 10.2 Å². The molecule has 6 nitrogen and oxygen atoms in total. The zero-order valence-corrected chi connectivity index (χ0v) is 14.6. The number of thioether (sulfide) groups is 1. The lowest BCUT2D eigenvalue weighted by Crippen LogP contribution is -2.41. The predicted molar refractivity (Wildman–Crippen MR) is 102 cm³/mol. The smallest absolute Gasteiger partial charge is 0.244 e. The van der Waals surface area contributed by atoms with Crippen molar-refractivity contribution in [2.24, 2.45) is 0 Å². The van der Waals surface area contributed by atoms with E-state index in [2.05, 4.69) is 10.3 Å². The molecule has 3 aromatic rings. The minimum atomic E-state index is -0.243. The number of carbonyl (C=O) groups is 2. The van der Waals surface area contributed by atoms with E-state index in [1.54, 1.807) is 17.4 Å². The van der Waals surface area contributed by atoms with Crippen LogP contribution >= 0.6 is 11.8 Å². The number of fused-ring (bicyclic) bond motifs is 1. The van der Waals surface area contributed by atoms with Crippen LogP contribution in [0.1, 0.15) is 0 Å². The molecule has 7 heteroatoms. The van der Waals surface area contributed by atoms with Gasteiger partial charge in [-0.2, -0.15) is 0 Å². The fraction of sp³-hybridized carbons (Fsp3) is 0.105. The minimum Gasteiger partial charge on any atom is -0.323 e. The van der Waals surface area contributed by atoms with Crippen LogP contribution in [0, 0.1) is 0 Å². The van der Waals surface area contributed by atoms with E-state index in [0.717, 1.165) is 16.3 Å². The lowest BCUT2D eigenvalue weighted by atomic mass is 10.2. The SMILES string of the molecule is O=C(CN1C(=O)CSc2ccccc21)Nc1ccccc1-n1ccnc1. The molecule has 0 radical (unpaired) electrons. The number of aromatic nitrogens is 2. The molecule has 2 aromatic carbocycles. The number of nitrogens with one attached hydrogen (secondary N) is 1. The monoisotopic (exact) mass is 364 g/mol. The topological polar surface area (TPSA) is 67.2 Å². The molecule has 130 valence electrons. The van der Waals surface area contributed by atoms with E-state index < -0.39 is 0 Å². The maximum atomic E-state index is 12.6. The van der Waals surface area contributed by atoms with E-state index in [9.17, 15) is 9.59 Å². The third-order valence-corrected chi connectivity index (χ3v) is 5.12. The van der Waals surface area contributed by atoms with E-state index >= 15 is 0 Å². The van der Waals surface area contributed by atoms with Crippen LogP contribution in [0.5, 0.6) is 0 Å². The van der Waals surface area contributed by atoms with Gasteiger partial charge >= 0.3 is 0 Å². The van der Waals surface area contributed by atoms with Crippen molar-refractivity contribution < 1.29 is 9.59 Å². The first kappa shape index (κ1) is 16.4. The van der Waals surface area contributed by atoms with Crippen molar-refractivity contribution in [3.8, 4) is 5.69 Å². The summed E-state index contributed by atoms with van der Waals surface area (Å²) in [7, 11) is 0. The van der Waals surface area contributed by atoms with Gasteiger partial charge < -0.3 is 14.8 Å². The van der Waals surface area contributed by atoms with Crippen molar-refractivity contribution in [3.05, 3.63) is 67.3 Å². The van der Waals surface area contributed by atoms with Gasteiger partial charge in [-0.3, -0.25) is 9.59 Å². The highest BCUT2D eigenvalue weighted by molar-refractivity contribution is 8.00. The second-order valence-electron chi connectivity index (χ2n) is 5.77. The van der Waals surface area contributed by atoms with E-state index in [4.69, 9.17) is 0 Å². The number of hydrogen-bond acceptors (Lipinski definition) is 4. The highest BCUT2D eigenvalue weighted by atomic mass is 32.2. The number of imidazole rings is 1. The van der Waals surface area contributed by atoms with E-state index in [0.29, 0.717) is 11.4 Å². The third kappa shape index (κ3) is 3.21. The number of hydrogen-bond donors (Lipinski definition) is 1. The van der Waals surface area contributed by atoms with E-state index in [1.165, 1.54) is 11.8 Å². The highest BCUT2D eigenvalue weighted by Crippen LogP contribution is 2.34. The summed E-state index contributed by atoms with van der Waals surface area (Å²) in [5.41, 5.74) is 2.27. The summed E-state index contributed by atoms with van der Waals surface area (Å²) in [5, 5.41) is 2.91. The first-order valence-electron chi connectivity index (χ1n) is 8.12. The maximum absolute atomic E-state index is 12.6. The molecule has 0 bridgehead atoms. The number of rotatable bonds is 4. The number of para-hydroxylation sites is 3. The standard InChI is InChI=1S/C19H16N4O2S/c24-18(11-23-16-7-3-4-8-17(16)26-12-19(23)25)21-14-5-1-2-6-15(14)22-10-9-20-13-22/h1-10,13H,11-12H2,(H,21,24). The van der Waals surface area contributed by atoms with Crippen LogP contribution in [0.3, 0.4) is 0 Å². The first-order valence-corrected chi connectivity index (χ1v) is 9.10. The summed E-state index contributed by atoms with van der Waals surface area (Å²) in [4.78, 5) is 31.5. The summed E-state index contributed by atoms with van der Waals surface area (Å²) >= 11 is 1.50. The van der Waals surface area contributed by atoms with E-state index in [1.807, 2.05) is 59.3 Å². The Labute approximate surface area is 154 Å². The van der Waals surface area contributed by atoms with Crippen LogP contribution in [0.2, 0.25) is 0 Å². The molecule has 4 rings (SSSR count). The second kappa shape index (κ2) is 7.05. The molecule has 0 spiro atoms. The number of benzene rings is 2. The molecule has 0 atom stereocenters. The van der Waals surface area contributed by atoms with Gasteiger partial charge in [-0.05, 0) is 24.3 Å². The largest absolute Gasteiger partial charge is 0.323 e. The fourth-order valence-electron chi connectivity index (χ4n) is 2.87. The Bertz CT molecular complexity index is 956. The van der Waals surface area contributed by atoms with Crippen molar-refractivity contribution >= 4 is 35.0 Å². The maximum Gasteiger partial charge on any atom is 0.244 e. The summed E-state index contributed by atoms with van der Waals surface area (Å²) in [5.74, 6) is 0.0370. The Morgan fingerprint density at radius 3 is 2.69 bits per heavy atom. The zero-order chi connectivity index (χ0) is 17.9. The number of nitrogens with zero attached hydrogens (tertiary/aromatic N) is 3. The van der Waals surface area contributed by atoms with Gasteiger partial charge in [0.05, 0.1) is 29.1 Å². The van der Waals surface area contributed by atoms with Crippen LogP contribution in [0.4, 0.5) is 11.4 Å². The number of anilines is 2. The van der Waals surface area contributed by atoms with Crippen molar-refractivity contribution in [1.29, 1.82) is 0 Å². The Morgan fingerprint density at radius 1 is 1.12 bits per heavy atom. The van der Waals surface area contributed by atoms with Gasteiger partial charge in [0.2, 0.25) is 11.8 Å². The Balaban J connectivity index is 1.55. The zero-order valence-electron chi connectivity index (χ0n) is 13.8. The van der Waals surface area contributed by atoms with Crippen molar-refractivity contribution in [1.82, 2.24) is 9.55 Å². The lowest BCUT2D eigenvalue weighted by Gasteiger charge is -2.28. The summed E-state index contributed by atoms with van der Waals surface area (Å²) < 4.78 is 1.83. The van der Waals surface area contributed by atoms with Gasteiger partial charge in [0.25, 0.3) is 0 Å². The summed E-state index contributed by atoms with van der Waals surface area (Å²) in [6.07, 6.45) is 5.17. The normalized spacial score (nSPS) is 13.4. The molecule has 0 saturated heterocycles. The molecular weight excluding hydrogens is 348 g/mol. The summed E-state index contributed by atoms with van der Waals surface area (Å²) in [6.45, 7) is -0.0192. The fourth-order valence-corrected chi connectivity index (χ4v) is 3.80. The van der Waals surface area contributed by atoms with Gasteiger partial charge in [-0.25, -0.2) is 4.98 Å². The van der Waals surface area contributed by atoms with Crippen molar-refractivity contribution in [2.75, 3.05) is 22.5 Å². The number of amides is 2. The van der Waals surface area contributed by atoms with Gasteiger partial charge in [0, 0.05) is 17.3 Å². The Morgan fingerprint density at radius 2 is 1.88 bits per heavy atom. The summed E-state index contributed by atoms with van der Waals surface area (Å²) in [6, 6.07) is 15.1. The third-order valence-electron chi connectivity index (χ3n) is 4.07. The molecule has 1 aliphatic rings. The average Bonchev–Trinajstić information content (AvgIpc) is 3.19. The predicted octanol–water partition coefficient (Wildman–Crippen LogP) is 2.95. The second-order valence-corrected chi connectivity index (χ2v) is 6.79. The molecule has 1 N–H and O–H groups in total. The Hall–Kier alpha value is -3.06. The van der Waals surface area contributed by atoms with Crippen molar-refractivity contribution in [3.63, 3.8) is 0 Å². The molecule has 0 unspecified atom stereocenters. The van der Waals surface area contributed by atoms with Crippen LogP contribution in [-0.2, 0) is 9.59 Å². The lowest BCUT2D eigenvalue weighted by molar-refractivity contribution is -0.120. The molecule has 0 aliphatic carbocycles. The van der Waals surface area contributed by atoms with Crippen LogP contribution in [0.25, 0.3) is 5.69 Å². The van der Waals surface area contributed by atoms with Gasteiger partial charge in [0.15, 0.2) is 0 Å². The molecule has 1 aliphatic heterocycles. The van der Waals surface area contributed by atoms with Crippen LogP contribution in [-0.4, -0.2) is 33.7 Å². The highest BCUT2D eigenvalue weighted by Gasteiger charge is 2.26.